The van der Waals surface area contributed by atoms with Gasteiger partial charge in [-0.2, -0.15) is 0 Å². The molecular formula is C22H30O13. The number of ether oxygens (including phenoxy) is 6. The fourth-order valence-electron chi connectivity index (χ4n) is 3.78. The van der Waals surface area contributed by atoms with E-state index >= 15 is 0 Å². The van der Waals surface area contributed by atoms with Crippen molar-refractivity contribution in [2.75, 3.05) is 27.4 Å². The maximum Gasteiger partial charge on any atom is 0.331 e. The summed E-state index contributed by atoms with van der Waals surface area (Å²) in [7, 11) is 2.72. The Labute approximate surface area is 200 Å². The van der Waals surface area contributed by atoms with Crippen molar-refractivity contribution in [2.24, 2.45) is 0 Å². The summed E-state index contributed by atoms with van der Waals surface area (Å²) in [6.45, 7) is -1.11. The van der Waals surface area contributed by atoms with Crippen LogP contribution in [0, 0.1) is 0 Å². The average Bonchev–Trinajstić information content (AvgIpc) is 3.18. The first-order valence-electron chi connectivity index (χ1n) is 10.7. The molecule has 2 aliphatic rings. The normalized spacial score (nSPS) is 35.4. The summed E-state index contributed by atoms with van der Waals surface area (Å²) < 4.78 is 31.7. The lowest BCUT2D eigenvalue weighted by Gasteiger charge is -2.42. The number of esters is 1. The Bertz CT molecular complexity index is 890. The molecule has 0 amide bonds. The Morgan fingerprint density at radius 1 is 1.14 bits per heavy atom. The first-order valence-corrected chi connectivity index (χ1v) is 10.7. The summed E-state index contributed by atoms with van der Waals surface area (Å²) in [6.07, 6.45) is -7.11. The minimum atomic E-state index is -1.70. The first kappa shape index (κ1) is 27.3. The van der Waals surface area contributed by atoms with Gasteiger partial charge in [-0.05, 0) is 23.8 Å². The van der Waals surface area contributed by atoms with Gasteiger partial charge in [0.25, 0.3) is 0 Å². The van der Waals surface area contributed by atoms with E-state index in [9.17, 15) is 35.4 Å². The Hall–Kier alpha value is -2.33. The van der Waals surface area contributed by atoms with Gasteiger partial charge in [-0.25, -0.2) is 4.79 Å². The topological polar surface area (TPSA) is 194 Å². The molecule has 2 saturated heterocycles. The van der Waals surface area contributed by atoms with Gasteiger partial charge in [0.2, 0.25) is 0 Å². The molecule has 1 aromatic carbocycles. The molecule has 35 heavy (non-hydrogen) atoms. The second-order valence-electron chi connectivity index (χ2n) is 8.18. The number of aliphatic hydroxyl groups is 4. The van der Waals surface area contributed by atoms with Crippen LogP contribution in [0.5, 0.6) is 11.5 Å². The third-order valence-corrected chi connectivity index (χ3v) is 5.69. The molecule has 0 aromatic heterocycles. The molecule has 2 heterocycles. The highest BCUT2D eigenvalue weighted by Crippen LogP contribution is 2.33. The van der Waals surface area contributed by atoms with Crippen molar-refractivity contribution in [1.82, 2.24) is 0 Å². The Balaban J connectivity index is 1.61. The highest BCUT2D eigenvalue weighted by molar-refractivity contribution is 5.87. The van der Waals surface area contributed by atoms with Gasteiger partial charge in [-0.1, -0.05) is 6.07 Å². The molecule has 2 fully saturated rings. The van der Waals surface area contributed by atoms with Gasteiger partial charge in [0.05, 0.1) is 13.2 Å². The molecule has 0 radical (unpaired) electrons. The van der Waals surface area contributed by atoms with Crippen molar-refractivity contribution < 1.29 is 63.9 Å². The Morgan fingerprint density at radius 2 is 1.89 bits per heavy atom. The van der Waals surface area contributed by atoms with Crippen LogP contribution in [0.15, 0.2) is 24.3 Å². The molecule has 13 heteroatoms. The second-order valence-corrected chi connectivity index (χ2v) is 8.18. The zero-order valence-corrected chi connectivity index (χ0v) is 19.1. The number of hydrogen-bond acceptors (Lipinski definition) is 13. The summed E-state index contributed by atoms with van der Waals surface area (Å²) in [5, 5.41) is 60.3. The van der Waals surface area contributed by atoms with E-state index in [2.05, 4.69) is 0 Å². The molecule has 0 aliphatic carbocycles. The largest absolute Gasteiger partial charge is 0.504 e. The van der Waals surface area contributed by atoms with Crippen LogP contribution in [0.3, 0.4) is 0 Å². The van der Waals surface area contributed by atoms with Crippen LogP contribution >= 0.6 is 0 Å². The number of phenols is 2. The molecule has 196 valence electrons. The van der Waals surface area contributed by atoms with Crippen LogP contribution in [-0.4, -0.2) is 113 Å². The SMILES string of the molecule is CO[C@@H]1C[C@](O)(CO[C@@H]2O[C@H](CO)[C@@H](OC(=O)/C=C/c3ccc(O)c(O)c3)[C@H](O)[C@H]2O)[C@H](OC)O1. The van der Waals surface area contributed by atoms with Crippen LogP contribution in [0.4, 0.5) is 0 Å². The van der Waals surface area contributed by atoms with Crippen LogP contribution in [-0.2, 0) is 33.2 Å². The Kier molecular flexibility index (Phi) is 9.04. The molecule has 2 aliphatic heterocycles. The molecule has 6 N–H and O–H groups in total. The van der Waals surface area contributed by atoms with Crippen molar-refractivity contribution in [1.29, 1.82) is 0 Å². The number of rotatable bonds is 9. The lowest BCUT2D eigenvalue weighted by molar-refractivity contribution is -0.316. The number of benzene rings is 1. The number of carbonyl (C=O) groups excluding carboxylic acids is 1. The van der Waals surface area contributed by atoms with Crippen LogP contribution < -0.4 is 0 Å². The minimum Gasteiger partial charge on any atom is -0.504 e. The molecule has 0 spiro atoms. The number of aromatic hydroxyl groups is 2. The van der Waals surface area contributed by atoms with Crippen LogP contribution in [0.25, 0.3) is 6.08 Å². The molecule has 8 atom stereocenters. The fraction of sp³-hybridized carbons (Fsp3) is 0.591. The van der Waals surface area contributed by atoms with E-state index in [-0.39, 0.29) is 17.9 Å². The predicted molar refractivity (Wildman–Crippen MR) is 115 cm³/mol. The molecule has 3 rings (SSSR count). The van der Waals surface area contributed by atoms with Gasteiger partial charge in [0, 0.05) is 26.7 Å². The van der Waals surface area contributed by atoms with E-state index in [0.29, 0.717) is 5.56 Å². The zero-order chi connectivity index (χ0) is 25.8. The lowest BCUT2D eigenvalue weighted by atomic mass is 9.98. The van der Waals surface area contributed by atoms with Gasteiger partial charge in [-0.15, -0.1) is 0 Å². The van der Waals surface area contributed by atoms with E-state index in [1.165, 1.54) is 38.5 Å². The zero-order valence-electron chi connectivity index (χ0n) is 19.1. The monoisotopic (exact) mass is 502 g/mol. The lowest BCUT2D eigenvalue weighted by Crippen LogP contribution is -2.61. The van der Waals surface area contributed by atoms with Gasteiger partial charge < -0.3 is 59.1 Å². The highest BCUT2D eigenvalue weighted by Gasteiger charge is 2.51. The maximum absolute atomic E-state index is 12.2. The van der Waals surface area contributed by atoms with Crippen molar-refractivity contribution in [2.45, 2.75) is 55.3 Å². The maximum atomic E-state index is 12.2. The van der Waals surface area contributed by atoms with Gasteiger partial charge in [0.15, 0.2) is 36.5 Å². The molecule has 0 saturated carbocycles. The smallest absolute Gasteiger partial charge is 0.331 e. The third kappa shape index (κ3) is 6.27. The van der Waals surface area contributed by atoms with E-state index in [1.807, 2.05) is 0 Å². The average molecular weight is 502 g/mol. The van der Waals surface area contributed by atoms with Crippen molar-refractivity contribution in [3.8, 4) is 11.5 Å². The fourth-order valence-corrected chi connectivity index (χ4v) is 3.78. The van der Waals surface area contributed by atoms with Crippen molar-refractivity contribution >= 4 is 12.0 Å². The minimum absolute atomic E-state index is 0.00217. The summed E-state index contributed by atoms with van der Waals surface area (Å²) in [4.78, 5) is 12.2. The van der Waals surface area contributed by atoms with E-state index in [1.54, 1.807) is 0 Å². The van der Waals surface area contributed by atoms with E-state index in [0.717, 1.165) is 6.08 Å². The van der Waals surface area contributed by atoms with Gasteiger partial charge in [-0.3, -0.25) is 0 Å². The van der Waals surface area contributed by atoms with Crippen molar-refractivity contribution in [3.63, 3.8) is 0 Å². The number of carbonyl (C=O) groups is 1. The summed E-state index contributed by atoms with van der Waals surface area (Å²) in [5.74, 6) is -1.64. The first-order chi connectivity index (χ1) is 16.6. The van der Waals surface area contributed by atoms with E-state index in [4.69, 9.17) is 28.4 Å². The van der Waals surface area contributed by atoms with Crippen molar-refractivity contribution in [3.05, 3.63) is 29.8 Å². The van der Waals surface area contributed by atoms with E-state index < -0.39 is 68.1 Å². The highest BCUT2D eigenvalue weighted by atomic mass is 16.8. The molecular weight excluding hydrogens is 472 g/mol. The summed E-state index contributed by atoms with van der Waals surface area (Å²) in [5.41, 5.74) is -1.27. The van der Waals surface area contributed by atoms with Gasteiger partial charge in [0.1, 0.15) is 23.9 Å². The van der Waals surface area contributed by atoms with Gasteiger partial charge >= 0.3 is 5.97 Å². The quantitative estimate of drug-likeness (QED) is 0.131. The second kappa shape index (κ2) is 11.6. The summed E-state index contributed by atoms with van der Waals surface area (Å²) >= 11 is 0. The number of aliphatic hydroxyl groups excluding tert-OH is 3. The van der Waals surface area contributed by atoms with Crippen LogP contribution in [0.1, 0.15) is 12.0 Å². The molecule has 0 unspecified atom stereocenters. The molecule has 1 aromatic rings. The standard InChI is InChI=1S/C22H30O13/c1-30-16-8-22(29,21(31-2)35-16)10-32-20-18(28)17(27)19(14(9-23)33-20)34-15(26)6-4-11-3-5-12(24)13(25)7-11/h3-7,14,16-21,23-25,27-29H,8-10H2,1-2H3/b6-4+/t14-,16+,17-,18-,19-,20-,21-,22+/m1/s1. The Morgan fingerprint density at radius 3 is 2.51 bits per heavy atom. The number of hydrogen-bond donors (Lipinski definition) is 6. The number of methoxy groups -OCH3 is 2. The van der Waals surface area contributed by atoms with Crippen LogP contribution in [0.2, 0.25) is 0 Å². The predicted octanol–water partition coefficient (Wildman–Crippen LogP) is -1.43. The molecule has 0 bridgehead atoms. The molecule has 13 nitrogen and oxygen atoms in total. The third-order valence-electron chi connectivity index (χ3n) is 5.69. The summed E-state index contributed by atoms with van der Waals surface area (Å²) in [6, 6.07) is 3.88. The number of phenolic OH excluding ortho intramolecular Hbond substituents is 2.